The second-order valence-electron chi connectivity index (χ2n) is 2.53. The lowest BCUT2D eigenvalue weighted by molar-refractivity contribution is 1.02. The van der Waals surface area contributed by atoms with Crippen LogP contribution in [-0.4, -0.2) is 11.5 Å². The number of hydrogen-bond donors (Lipinski definition) is 0. The summed E-state index contributed by atoms with van der Waals surface area (Å²) in [5.74, 6) is 0.978. The van der Waals surface area contributed by atoms with E-state index in [4.69, 9.17) is 0 Å². The Morgan fingerprint density at radius 3 is 3.08 bits per heavy atom. The summed E-state index contributed by atoms with van der Waals surface area (Å²) < 4.78 is 0. The molecule has 0 fully saturated rings. The summed E-state index contributed by atoms with van der Waals surface area (Å²) in [5, 5.41) is 0. The molecule has 1 aliphatic rings. The van der Waals surface area contributed by atoms with Crippen molar-refractivity contribution in [3.8, 4) is 0 Å². The van der Waals surface area contributed by atoms with E-state index >= 15 is 0 Å². The van der Waals surface area contributed by atoms with Crippen molar-refractivity contribution in [3.63, 3.8) is 0 Å². The van der Waals surface area contributed by atoms with Crippen LogP contribution in [0.5, 0.6) is 0 Å². The lowest BCUT2D eigenvalue weighted by Gasteiger charge is -2.11. The smallest absolute Gasteiger partial charge is 0.177 e. The van der Waals surface area contributed by atoms with Gasteiger partial charge in [0.05, 0.1) is 18.7 Å². The minimum absolute atomic E-state index is 0.855. The zero-order valence-electron chi connectivity index (χ0n) is 6.64. The van der Waals surface area contributed by atoms with Gasteiger partial charge in [0.1, 0.15) is 12.0 Å². The largest absolute Gasteiger partial charge is 0.248 e. The molecule has 0 N–H and O–H groups in total. The molecule has 0 aliphatic carbocycles. The van der Waals surface area contributed by atoms with E-state index in [2.05, 4.69) is 16.0 Å². The van der Waals surface area contributed by atoms with Crippen LogP contribution in [0.4, 0.5) is 5.82 Å². The van der Waals surface area contributed by atoms with Crippen molar-refractivity contribution in [1.82, 2.24) is 4.98 Å². The summed E-state index contributed by atoms with van der Waals surface area (Å²) in [5.41, 5.74) is 0. The van der Waals surface area contributed by atoms with Crippen LogP contribution < -0.4 is 4.90 Å². The molecule has 2 nitrogen and oxygen atoms in total. The summed E-state index contributed by atoms with van der Waals surface area (Å²) in [6.07, 6.45) is 10.6. The fourth-order valence-electron chi connectivity index (χ4n) is 1.11. The highest BCUT2D eigenvalue weighted by Crippen LogP contribution is 2.11. The lowest BCUT2D eigenvalue weighted by Crippen LogP contribution is -2.18. The van der Waals surface area contributed by atoms with E-state index in [1.807, 2.05) is 36.6 Å². The predicted molar refractivity (Wildman–Crippen MR) is 48.5 cm³/mol. The van der Waals surface area contributed by atoms with Gasteiger partial charge in [0.15, 0.2) is 6.08 Å². The highest BCUT2D eigenvalue weighted by Gasteiger charge is 2.09. The third-order valence-corrected chi connectivity index (χ3v) is 1.70. The Balaban J connectivity index is 2.21. The van der Waals surface area contributed by atoms with E-state index < -0.39 is 0 Å². The van der Waals surface area contributed by atoms with Gasteiger partial charge in [-0.15, -0.1) is 0 Å². The number of hydrogen-bond acceptors (Lipinski definition) is 2. The number of rotatable bonds is 1. The van der Waals surface area contributed by atoms with E-state index in [0.29, 0.717) is 0 Å². The summed E-state index contributed by atoms with van der Waals surface area (Å²) in [6, 6.07) is 5.89. The Morgan fingerprint density at radius 1 is 1.42 bits per heavy atom. The minimum atomic E-state index is 0.855. The highest BCUT2D eigenvalue weighted by atomic mass is 15.2. The SMILES string of the molecule is [C+]1=CCN(c2ccccn2)C=C1. The first-order valence-electron chi connectivity index (χ1n) is 3.89. The Hall–Kier alpha value is -1.66. The van der Waals surface area contributed by atoms with Crippen LogP contribution in [0.15, 0.2) is 42.7 Å². The van der Waals surface area contributed by atoms with Crippen LogP contribution in [0.2, 0.25) is 0 Å². The van der Waals surface area contributed by atoms with Gasteiger partial charge < -0.3 is 0 Å². The van der Waals surface area contributed by atoms with E-state index in [1.165, 1.54) is 0 Å². The van der Waals surface area contributed by atoms with Crippen LogP contribution >= 0.6 is 0 Å². The summed E-state index contributed by atoms with van der Waals surface area (Å²) >= 11 is 0. The molecule has 0 radical (unpaired) electrons. The average molecular weight is 157 g/mol. The van der Waals surface area contributed by atoms with E-state index in [9.17, 15) is 0 Å². The molecule has 0 aromatic carbocycles. The Bertz CT molecular complexity index is 301. The van der Waals surface area contributed by atoms with Gasteiger partial charge in [-0.1, -0.05) is 6.07 Å². The van der Waals surface area contributed by atoms with Crippen LogP contribution in [0.1, 0.15) is 0 Å². The molecule has 1 aromatic rings. The molecule has 2 heteroatoms. The summed E-state index contributed by atoms with van der Waals surface area (Å²) in [6.45, 7) is 0.855. The summed E-state index contributed by atoms with van der Waals surface area (Å²) in [4.78, 5) is 6.30. The zero-order valence-corrected chi connectivity index (χ0v) is 6.64. The number of aromatic nitrogens is 1. The van der Waals surface area contributed by atoms with Gasteiger partial charge in [0, 0.05) is 6.20 Å². The maximum atomic E-state index is 4.23. The quantitative estimate of drug-likeness (QED) is 0.577. The fourth-order valence-corrected chi connectivity index (χ4v) is 1.11. The Labute approximate surface area is 71.9 Å². The molecule has 0 amide bonds. The number of pyridine rings is 1. The Kier molecular flexibility index (Phi) is 1.85. The molecule has 0 unspecified atom stereocenters. The molecule has 0 spiro atoms. The van der Waals surface area contributed by atoms with Gasteiger partial charge in [0.25, 0.3) is 0 Å². The molecule has 2 rings (SSSR count). The number of anilines is 1. The van der Waals surface area contributed by atoms with Crippen molar-refractivity contribution >= 4 is 5.82 Å². The fraction of sp³-hybridized carbons (Fsp3) is 0.100. The highest BCUT2D eigenvalue weighted by molar-refractivity contribution is 5.43. The number of allylic oxidation sites excluding steroid dienone is 2. The second kappa shape index (κ2) is 3.16. The van der Waals surface area contributed by atoms with E-state index in [-0.39, 0.29) is 0 Å². The molecule has 0 atom stereocenters. The molecule has 12 heavy (non-hydrogen) atoms. The molecular weight excluding hydrogens is 148 g/mol. The molecule has 0 saturated carbocycles. The normalized spacial score (nSPS) is 14.5. The van der Waals surface area contributed by atoms with Crippen LogP contribution in [-0.2, 0) is 0 Å². The van der Waals surface area contributed by atoms with Crippen molar-refractivity contribution in [2.24, 2.45) is 0 Å². The first-order valence-corrected chi connectivity index (χ1v) is 3.89. The van der Waals surface area contributed by atoms with Gasteiger partial charge >= 0.3 is 0 Å². The zero-order chi connectivity index (χ0) is 8.23. The molecule has 1 aliphatic heterocycles. The van der Waals surface area contributed by atoms with Gasteiger partial charge in [-0.25, -0.2) is 9.88 Å². The van der Waals surface area contributed by atoms with Crippen LogP contribution in [0.3, 0.4) is 0 Å². The van der Waals surface area contributed by atoms with Crippen molar-refractivity contribution in [2.75, 3.05) is 11.4 Å². The van der Waals surface area contributed by atoms with Crippen molar-refractivity contribution < 1.29 is 0 Å². The monoisotopic (exact) mass is 157 g/mol. The van der Waals surface area contributed by atoms with Crippen molar-refractivity contribution in [2.45, 2.75) is 0 Å². The molecule has 0 saturated heterocycles. The van der Waals surface area contributed by atoms with Crippen molar-refractivity contribution in [3.05, 3.63) is 48.8 Å². The molecule has 58 valence electrons. The summed E-state index contributed by atoms with van der Waals surface area (Å²) in [7, 11) is 0. The minimum Gasteiger partial charge on any atom is -0.248 e. The average Bonchev–Trinajstić information content (AvgIpc) is 2.21. The Morgan fingerprint density at radius 2 is 2.42 bits per heavy atom. The van der Waals surface area contributed by atoms with Crippen LogP contribution in [0.25, 0.3) is 0 Å². The molecular formula is C10H9N2+. The molecule has 0 bridgehead atoms. The van der Waals surface area contributed by atoms with Gasteiger partial charge in [-0.2, -0.15) is 0 Å². The van der Waals surface area contributed by atoms with Gasteiger partial charge in [-0.3, -0.25) is 0 Å². The van der Waals surface area contributed by atoms with Crippen LogP contribution in [0, 0.1) is 6.08 Å². The maximum Gasteiger partial charge on any atom is 0.177 e. The van der Waals surface area contributed by atoms with Gasteiger partial charge in [0.2, 0.25) is 0 Å². The molecule has 1 aromatic heterocycles. The molecule has 2 heterocycles. The third kappa shape index (κ3) is 1.34. The second-order valence-corrected chi connectivity index (χ2v) is 2.53. The maximum absolute atomic E-state index is 4.23. The predicted octanol–water partition coefficient (Wildman–Crippen LogP) is 1.77. The standard InChI is InChI=1S/C10H9N2/c1-4-8-12(9-5-1)10-6-2-3-7-11-10/h2-8H,9H2/q+1. The topological polar surface area (TPSA) is 16.1 Å². The van der Waals surface area contributed by atoms with Gasteiger partial charge in [-0.05, 0) is 12.1 Å². The lowest BCUT2D eigenvalue weighted by atomic mass is 10.3. The van der Waals surface area contributed by atoms with E-state index in [1.54, 1.807) is 6.20 Å². The third-order valence-electron chi connectivity index (χ3n) is 1.70. The van der Waals surface area contributed by atoms with Crippen molar-refractivity contribution in [1.29, 1.82) is 0 Å². The first-order chi connectivity index (χ1) is 5.97. The van der Waals surface area contributed by atoms with E-state index in [0.717, 1.165) is 12.4 Å². The number of nitrogens with zero attached hydrogens (tertiary/aromatic N) is 2. The first kappa shape index (κ1) is 7.01.